The monoisotopic (exact) mass is 426 g/mol. The lowest BCUT2D eigenvalue weighted by atomic mass is 10.1. The van der Waals surface area contributed by atoms with Crippen molar-refractivity contribution in [2.24, 2.45) is 0 Å². The number of benzene rings is 1. The molecule has 0 aliphatic rings. The van der Waals surface area contributed by atoms with E-state index >= 15 is 0 Å². The quantitative estimate of drug-likeness (QED) is 0.323. The molecule has 0 aliphatic heterocycles. The molecular weight excluding hydrogens is 384 g/mol. The molecule has 0 aliphatic carbocycles. The van der Waals surface area contributed by atoms with Gasteiger partial charge in [-0.3, -0.25) is 0 Å². The summed E-state index contributed by atoms with van der Waals surface area (Å²) in [5.74, 6) is 0. The van der Waals surface area contributed by atoms with Gasteiger partial charge in [0.1, 0.15) is 0 Å². The molecule has 0 saturated heterocycles. The van der Waals surface area contributed by atoms with Gasteiger partial charge in [-0.1, -0.05) is 99.0 Å². The summed E-state index contributed by atoms with van der Waals surface area (Å²) in [6, 6.07) is 12.0. The van der Waals surface area contributed by atoms with Crippen LogP contribution in [0.4, 0.5) is 0 Å². The van der Waals surface area contributed by atoms with E-state index in [-0.39, 0.29) is 0 Å². The first kappa shape index (κ1) is 24.8. The molecule has 0 amide bonds. The summed E-state index contributed by atoms with van der Waals surface area (Å²) in [4.78, 5) is 0. The van der Waals surface area contributed by atoms with E-state index in [9.17, 15) is 0 Å². The first-order chi connectivity index (χ1) is 12.8. The molecule has 156 valence electrons. The van der Waals surface area contributed by atoms with Gasteiger partial charge in [0, 0.05) is 27.4 Å². The van der Waals surface area contributed by atoms with Crippen LogP contribution in [0.15, 0.2) is 24.3 Å². The second-order valence-corrected chi connectivity index (χ2v) is 19.5. The van der Waals surface area contributed by atoms with E-state index in [2.05, 4.69) is 50.5 Å². The van der Waals surface area contributed by atoms with Gasteiger partial charge < -0.3 is 13.3 Å². The van der Waals surface area contributed by atoms with Gasteiger partial charge in [-0.15, -0.1) is 0 Å². The predicted molar refractivity (Wildman–Crippen MR) is 126 cm³/mol. The maximum absolute atomic E-state index is 5.48. The van der Waals surface area contributed by atoms with E-state index in [0.717, 1.165) is 12.5 Å². The van der Waals surface area contributed by atoms with Crippen LogP contribution < -0.4 is 10.4 Å². The van der Waals surface area contributed by atoms with Crippen LogP contribution in [0.25, 0.3) is 0 Å². The molecule has 1 rings (SSSR count). The van der Waals surface area contributed by atoms with Gasteiger partial charge in [0.05, 0.1) is 16.9 Å². The van der Waals surface area contributed by atoms with E-state index in [4.69, 9.17) is 13.3 Å². The van der Waals surface area contributed by atoms with Gasteiger partial charge in [0.25, 0.3) is 0 Å². The lowest BCUT2D eigenvalue weighted by Crippen LogP contribution is -2.42. The fourth-order valence-corrected chi connectivity index (χ4v) is 8.88. The van der Waals surface area contributed by atoms with Crippen LogP contribution in [0.5, 0.6) is 0 Å². The zero-order valence-electron chi connectivity index (χ0n) is 18.8. The van der Waals surface area contributed by atoms with Crippen molar-refractivity contribution in [3.63, 3.8) is 0 Å². The Morgan fingerprint density at radius 3 is 1.59 bits per heavy atom. The summed E-state index contributed by atoms with van der Waals surface area (Å²) in [5.41, 5.74) is 0. The molecular formula is C21H42O3Si3. The van der Waals surface area contributed by atoms with Gasteiger partial charge in [-0.05, 0) is 6.42 Å². The fourth-order valence-electron chi connectivity index (χ4n) is 3.64. The van der Waals surface area contributed by atoms with Gasteiger partial charge in [-0.2, -0.15) is 0 Å². The molecule has 0 N–H and O–H groups in total. The van der Waals surface area contributed by atoms with Crippen LogP contribution in [0, 0.1) is 0 Å². The lowest BCUT2D eigenvalue weighted by Gasteiger charge is -2.24. The number of hydrogen-bond donors (Lipinski definition) is 0. The fraction of sp³-hybridized carbons (Fsp3) is 0.714. The summed E-state index contributed by atoms with van der Waals surface area (Å²) in [5, 5.41) is 3.21. The van der Waals surface area contributed by atoms with Gasteiger partial charge in [0.15, 0.2) is 0 Å². The third-order valence-corrected chi connectivity index (χ3v) is 13.9. The van der Waals surface area contributed by atoms with Crippen LogP contribution in [-0.2, 0) is 13.3 Å². The van der Waals surface area contributed by atoms with Crippen molar-refractivity contribution in [1.82, 2.24) is 0 Å². The van der Waals surface area contributed by atoms with Crippen LogP contribution in [-0.4, -0.2) is 47.0 Å². The predicted octanol–water partition coefficient (Wildman–Crippen LogP) is 4.51. The summed E-state index contributed by atoms with van der Waals surface area (Å²) < 4.78 is 16.4. The van der Waals surface area contributed by atoms with Crippen molar-refractivity contribution in [1.29, 1.82) is 0 Å². The second-order valence-electron chi connectivity index (χ2n) is 8.58. The third-order valence-electron chi connectivity index (χ3n) is 5.83. The van der Waals surface area contributed by atoms with Gasteiger partial charge in [0.2, 0.25) is 0 Å². The summed E-state index contributed by atoms with van der Waals surface area (Å²) in [6.45, 7) is 9.86. The second kappa shape index (κ2) is 12.3. The Bertz CT molecular complexity index is 506. The Hall–Kier alpha value is -0.249. The molecule has 0 unspecified atom stereocenters. The molecule has 1 aromatic carbocycles. The van der Waals surface area contributed by atoms with Crippen molar-refractivity contribution in [2.45, 2.75) is 76.8 Å². The third kappa shape index (κ3) is 8.33. The molecule has 0 spiro atoms. The van der Waals surface area contributed by atoms with E-state index in [1.54, 1.807) is 31.7 Å². The van der Waals surface area contributed by atoms with Crippen molar-refractivity contribution in [2.75, 3.05) is 21.3 Å². The highest BCUT2D eigenvalue weighted by Crippen LogP contribution is 2.19. The highest BCUT2D eigenvalue weighted by Gasteiger charge is 2.36. The van der Waals surface area contributed by atoms with Gasteiger partial charge >= 0.3 is 8.80 Å². The SMILES string of the molecule is CO[Si](CCCCCCCC[Si](C)(C)c1ccc([SiH](C)C)cc1)(OC)OC. The minimum Gasteiger partial charge on any atom is -0.377 e. The van der Waals surface area contributed by atoms with Crippen molar-refractivity contribution in [3.05, 3.63) is 24.3 Å². The molecule has 0 radical (unpaired) electrons. The Balaban J connectivity index is 2.23. The van der Waals surface area contributed by atoms with Crippen LogP contribution in [0.1, 0.15) is 38.5 Å². The van der Waals surface area contributed by atoms with Gasteiger partial charge in [-0.25, -0.2) is 0 Å². The average Bonchev–Trinajstić information content (AvgIpc) is 2.67. The van der Waals surface area contributed by atoms with Crippen molar-refractivity contribution in [3.8, 4) is 0 Å². The Labute approximate surface area is 171 Å². The minimum absolute atomic E-state index is 0.668. The maximum Gasteiger partial charge on any atom is 0.500 e. The average molecular weight is 427 g/mol. The smallest absolute Gasteiger partial charge is 0.377 e. The number of hydrogen-bond acceptors (Lipinski definition) is 3. The molecule has 3 nitrogen and oxygen atoms in total. The topological polar surface area (TPSA) is 27.7 Å². The molecule has 27 heavy (non-hydrogen) atoms. The minimum atomic E-state index is -2.36. The number of unbranched alkanes of at least 4 members (excludes halogenated alkanes) is 5. The normalized spacial score (nSPS) is 12.7. The van der Waals surface area contributed by atoms with Crippen LogP contribution >= 0.6 is 0 Å². The Kier molecular flexibility index (Phi) is 11.3. The van der Waals surface area contributed by atoms with Crippen molar-refractivity contribution >= 4 is 36.0 Å². The standard InChI is InChI=1S/C21H42O3Si3/c1-22-27(23-2,24-3)19-13-11-9-8-10-12-18-26(6,7)21-16-14-20(15-17-21)25(4)5/h14-17,25H,8-13,18-19H2,1-7H3. The van der Waals surface area contributed by atoms with Crippen molar-refractivity contribution < 1.29 is 13.3 Å². The summed E-state index contributed by atoms with van der Waals surface area (Å²) in [6.07, 6.45) is 7.74. The molecule has 0 aromatic heterocycles. The largest absolute Gasteiger partial charge is 0.500 e. The summed E-state index contributed by atoms with van der Waals surface area (Å²) >= 11 is 0. The van der Waals surface area contributed by atoms with Crippen LogP contribution in [0.3, 0.4) is 0 Å². The van der Waals surface area contributed by atoms with E-state index in [0.29, 0.717) is 0 Å². The van der Waals surface area contributed by atoms with E-state index < -0.39 is 25.7 Å². The summed E-state index contributed by atoms with van der Waals surface area (Å²) in [7, 11) is 0.785. The zero-order chi connectivity index (χ0) is 20.3. The molecule has 6 heteroatoms. The molecule has 0 saturated carbocycles. The molecule has 0 heterocycles. The molecule has 0 fully saturated rings. The Morgan fingerprint density at radius 1 is 0.704 bits per heavy atom. The maximum atomic E-state index is 5.48. The lowest BCUT2D eigenvalue weighted by molar-refractivity contribution is 0.122. The molecule has 0 bridgehead atoms. The highest BCUT2D eigenvalue weighted by atomic mass is 28.4. The molecule has 0 atom stereocenters. The first-order valence-electron chi connectivity index (χ1n) is 10.6. The highest BCUT2D eigenvalue weighted by molar-refractivity contribution is 6.89. The zero-order valence-corrected chi connectivity index (χ0v) is 21.9. The number of rotatable bonds is 14. The molecule has 1 aromatic rings. The van der Waals surface area contributed by atoms with Crippen LogP contribution in [0.2, 0.25) is 38.3 Å². The Morgan fingerprint density at radius 2 is 1.15 bits per heavy atom. The van der Waals surface area contributed by atoms with E-state index in [1.807, 2.05) is 0 Å². The van der Waals surface area contributed by atoms with E-state index in [1.165, 1.54) is 38.1 Å². The first-order valence-corrected chi connectivity index (χ1v) is 18.6.